The first-order chi connectivity index (χ1) is 20.9. The lowest BCUT2D eigenvalue weighted by molar-refractivity contribution is -0.162. The summed E-state index contributed by atoms with van der Waals surface area (Å²) in [6, 6.07) is -3.89. The molecule has 3 fully saturated rings. The van der Waals surface area contributed by atoms with E-state index in [0.717, 1.165) is 0 Å². The van der Waals surface area contributed by atoms with Gasteiger partial charge in [-0.2, -0.15) is 0 Å². The molecule has 3 heterocycles. The van der Waals surface area contributed by atoms with Crippen LogP contribution in [0.1, 0.15) is 59.3 Å². The molecule has 0 aromatic heterocycles. The van der Waals surface area contributed by atoms with E-state index in [1.165, 1.54) is 35.7 Å². The molecule has 16 heteroatoms. The molecule has 3 rings (SSSR count). The maximum atomic E-state index is 13.9. The molecule has 244 valence electrons. The first kappa shape index (κ1) is 34.6. The summed E-state index contributed by atoms with van der Waals surface area (Å²) in [4.78, 5) is 87.0. The summed E-state index contributed by atoms with van der Waals surface area (Å²) in [5.41, 5.74) is 8.68. The van der Waals surface area contributed by atoms with E-state index in [0.29, 0.717) is 19.4 Å². The fourth-order valence-electron chi connectivity index (χ4n) is 5.58. The van der Waals surface area contributed by atoms with E-state index >= 15 is 0 Å². The molecule has 0 aliphatic carbocycles. The number of esters is 1. The molecule has 6 atom stereocenters. The van der Waals surface area contributed by atoms with Crippen molar-refractivity contribution >= 4 is 35.5 Å². The summed E-state index contributed by atoms with van der Waals surface area (Å²) < 4.78 is 10.8. The minimum atomic E-state index is -1.18. The van der Waals surface area contributed by atoms with Crippen LogP contribution in [0.25, 0.3) is 10.4 Å². The summed E-state index contributed by atoms with van der Waals surface area (Å²) in [6.45, 7) is 5.77. The van der Waals surface area contributed by atoms with E-state index in [4.69, 9.17) is 15.0 Å². The summed E-state index contributed by atoms with van der Waals surface area (Å²) in [5, 5.41) is 8.92. The van der Waals surface area contributed by atoms with Crippen LogP contribution in [0, 0.1) is 5.92 Å². The van der Waals surface area contributed by atoms with Gasteiger partial charge in [0.15, 0.2) is 6.10 Å². The minimum Gasteiger partial charge on any atom is -0.452 e. The summed E-state index contributed by atoms with van der Waals surface area (Å²) in [7, 11) is 2.93. The largest absolute Gasteiger partial charge is 0.452 e. The molecule has 16 nitrogen and oxygen atoms in total. The Kier molecular flexibility index (Phi) is 12.3. The van der Waals surface area contributed by atoms with Crippen molar-refractivity contribution < 1.29 is 38.2 Å². The van der Waals surface area contributed by atoms with Gasteiger partial charge in [-0.05, 0) is 44.1 Å². The second-order valence-electron chi connectivity index (χ2n) is 11.8. The number of amides is 5. The molecule has 0 spiro atoms. The molecular formula is C28H44N8O8. The number of rotatable bonds is 7. The van der Waals surface area contributed by atoms with Crippen molar-refractivity contribution in [3.8, 4) is 0 Å². The highest BCUT2D eigenvalue weighted by molar-refractivity contribution is 5.96. The van der Waals surface area contributed by atoms with Crippen LogP contribution in [0.2, 0.25) is 0 Å². The number of hydrogen-bond acceptors (Lipinski definition) is 9. The summed E-state index contributed by atoms with van der Waals surface area (Å²) in [5.74, 6) is -3.66. The average molecular weight is 621 g/mol. The molecule has 1 unspecified atom stereocenters. The second-order valence-corrected chi connectivity index (χ2v) is 11.8. The van der Waals surface area contributed by atoms with Crippen LogP contribution in [0.5, 0.6) is 0 Å². The van der Waals surface area contributed by atoms with Gasteiger partial charge >= 0.3 is 5.97 Å². The highest BCUT2D eigenvalue weighted by atomic mass is 16.6. The molecule has 0 bridgehead atoms. The van der Waals surface area contributed by atoms with Crippen LogP contribution in [-0.2, 0) is 38.2 Å². The highest BCUT2D eigenvalue weighted by Gasteiger charge is 2.43. The van der Waals surface area contributed by atoms with Gasteiger partial charge in [-0.15, -0.1) is 0 Å². The van der Waals surface area contributed by atoms with Crippen molar-refractivity contribution in [1.29, 1.82) is 0 Å². The fraction of sp³-hybridized carbons (Fsp3) is 0.786. The number of carbonyl (C=O) groups is 6. The van der Waals surface area contributed by atoms with Gasteiger partial charge in [0.1, 0.15) is 24.2 Å². The smallest absolute Gasteiger partial charge is 0.308 e. The quantitative estimate of drug-likeness (QED) is 0.0994. The van der Waals surface area contributed by atoms with Gasteiger partial charge in [0.25, 0.3) is 5.91 Å². The van der Waals surface area contributed by atoms with Crippen molar-refractivity contribution in [3.63, 3.8) is 0 Å². The maximum absolute atomic E-state index is 13.9. The number of nitrogens with one attached hydrogen (secondary N) is 2. The molecule has 0 aromatic rings. The first-order valence-corrected chi connectivity index (χ1v) is 15.1. The topological polar surface area (TPSA) is 207 Å². The average Bonchev–Trinajstić information content (AvgIpc) is 3.66. The monoisotopic (exact) mass is 620 g/mol. The van der Waals surface area contributed by atoms with Gasteiger partial charge in [0.2, 0.25) is 23.6 Å². The van der Waals surface area contributed by atoms with Gasteiger partial charge < -0.3 is 34.8 Å². The number of nitrogens with zero attached hydrogens (tertiary/aromatic N) is 6. The van der Waals surface area contributed by atoms with E-state index < -0.39 is 65.8 Å². The zero-order valence-electron chi connectivity index (χ0n) is 26.1. The zero-order valence-corrected chi connectivity index (χ0v) is 26.1. The summed E-state index contributed by atoms with van der Waals surface area (Å²) >= 11 is 0. The van der Waals surface area contributed by atoms with Gasteiger partial charge in [-0.3, -0.25) is 28.8 Å². The normalized spacial score (nSPS) is 29.6. The lowest BCUT2D eigenvalue weighted by Gasteiger charge is -2.37. The molecular weight excluding hydrogens is 576 g/mol. The Bertz CT molecular complexity index is 1150. The summed E-state index contributed by atoms with van der Waals surface area (Å²) in [6.07, 6.45) is -0.241. The Morgan fingerprint density at radius 1 is 1.05 bits per heavy atom. The number of ether oxygens (including phenoxy) is 2. The molecule has 0 radical (unpaired) electrons. The lowest BCUT2D eigenvalue weighted by atomic mass is 9.99. The molecule has 3 aliphatic rings. The van der Waals surface area contributed by atoms with Crippen LogP contribution in [0.15, 0.2) is 5.11 Å². The number of cyclic esters (lactones) is 1. The minimum absolute atomic E-state index is 0.0802. The van der Waals surface area contributed by atoms with Gasteiger partial charge in [-0.25, -0.2) is 0 Å². The van der Waals surface area contributed by atoms with Gasteiger partial charge in [0, 0.05) is 45.1 Å². The zero-order chi connectivity index (χ0) is 32.6. The Labute approximate surface area is 256 Å². The number of carbonyl (C=O) groups excluding carboxylic acids is 6. The van der Waals surface area contributed by atoms with Crippen molar-refractivity contribution in [2.75, 3.05) is 40.3 Å². The Hall–Kier alpha value is -3.91. The van der Waals surface area contributed by atoms with E-state index in [1.807, 2.05) is 0 Å². The van der Waals surface area contributed by atoms with Crippen LogP contribution >= 0.6 is 0 Å². The molecule has 0 saturated carbocycles. The Morgan fingerprint density at radius 3 is 2.39 bits per heavy atom. The fourth-order valence-corrected chi connectivity index (χ4v) is 5.58. The number of azide groups is 1. The van der Waals surface area contributed by atoms with Gasteiger partial charge in [0.05, 0.1) is 19.1 Å². The second kappa shape index (κ2) is 15.7. The van der Waals surface area contributed by atoms with Crippen LogP contribution < -0.4 is 10.6 Å². The molecule has 0 aromatic carbocycles. The van der Waals surface area contributed by atoms with E-state index in [1.54, 1.807) is 13.8 Å². The van der Waals surface area contributed by atoms with E-state index in [2.05, 4.69) is 20.7 Å². The SMILES string of the molecule is CC(C)C1C(=O)N(C)[C@@H](C)C(=O)NCCC(=O)O[C@H](C[C@H]2CO2)C(=O)N2CCC[C@H]2C(=O)N[C@@H](CCCN=[N+]=[N-])C(=O)N1C. The number of hydrogen-bond donors (Lipinski definition) is 2. The number of fused-ring (bicyclic) bond motifs is 1. The Morgan fingerprint density at radius 2 is 1.75 bits per heavy atom. The number of likely N-dealkylation sites (N-methyl/N-ethyl adjacent to an activating group) is 2. The van der Waals surface area contributed by atoms with Crippen LogP contribution in [-0.4, -0.2) is 127 Å². The third kappa shape index (κ3) is 8.82. The number of epoxide rings is 1. The maximum Gasteiger partial charge on any atom is 0.308 e. The standard InChI is InChI=1S/C28H44N8O8/c1-16(2)23-28(42)34(4)17(3)24(38)30-12-10-22(37)44-21(14-18-15-43-18)27(41)36-13-7-9-20(36)25(39)32-19(26(40)35(23)5)8-6-11-31-33-29/h16-21,23H,6-15H2,1-5H3,(H,30,38)(H,32,39)/t17-,18-,19-,20-,21+,23?/m0/s1. The lowest BCUT2D eigenvalue weighted by Crippen LogP contribution is -2.59. The van der Waals surface area contributed by atoms with Crippen molar-refractivity contribution in [2.45, 2.75) is 95.7 Å². The predicted molar refractivity (Wildman–Crippen MR) is 155 cm³/mol. The third-order valence-corrected chi connectivity index (χ3v) is 8.28. The first-order valence-electron chi connectivity index (χ1n) is 15.1. The van der Waals surface area contributed by atoms with Crippen molar-refractivity contribution in [3.05, 3.63) is 10.4 Å². The van der Waals surface area contributed by atoms with E-state index in [9.17, 15) is 28.8 Å². The molecule has 3 aliphatic heterocycles. The third-order valence-electron chi connectivity index (χ3n) is 8.28. The predicted octanol–water partition coefficient (Wildman–Crippen LogP) is 0.103. The van der Waals surface area contributed by atoms with Crippen LogP contribution in [0.3, 0.4) is 0 Å². The van der Waals surface area contributed by atoms with Crippen molar-refractivity contribution in [1.82, 2.24) is 25.3 Å². The Balaban J connectivity index is 1.96. The molecule has 5 amide bonds. The highest BCUT2D eigenvalue weighted by Crippen LogP contribution is 2.25. The van der Waals surface area contributed by atoms with E-state index in [-0.39, 0.29) is 57.3 Å². The molecule has 3 saturated heterocycles. The van der Waals surface area contributed by atoms with Crippen molar-refractivity contribution in [2.24, 2.45) is 11.0 Å². The van der Waals surface area contributed by atoms with Crippen LogP contribution in [0.4, 0.5) is 0 Å². The molecule has 2 N–H and O–H groups in total. The molecule has 44 heavy (non-hydrogen) atoms. The van der Waals surface area contributed by atoms with Gasteiger partial charge in [-0.1, -0.05) is 19.0 Å².